The number of carbonyl (C=O) groups excluding carboxylic acids is 3. The van der Waals surface area contributed by atoms with Gasteiger partial charge in [-0.3, -0.25) is 14.9 Å². The van der Waals surface area contributed by atoms with Gasteiger partial charge in [-0.15, -0.1) is 0 Å². The maximum atomic E-state index is 12.6. The van der Waals surface area contributed by atoms with Gasteiger partial charge in [-0.1, -0.05) is 18.2 Å². The molecule has 4 rings (SSSR count). The third-order valence-corrected chi connectivity index (χ3v) is 5.31. The Balaban J connectivity index is 1.38. The highest BCUT2D eigenvalue weighted by Crippen LogP contribution is 2.32. The number of amides is 3. The normalized spacial score (nSPS) is 15.6. The minimum Gasteiger partial charge on any atom is -0.480 e. The summed E-state index contributed by atoms with van der Waals surface area (Å²) in [6.45, 7) is 5.01. The molecule has 1 aliphatic heterocycles. The minimum atomic E-state index is -1.25. The number of aromatic nitrogens is 2. The fourth-order valence-corrected chi connectivity index (χ4v) is 3.71. The van der Waals surface area contributed by atoms with E-state index in [1.807, 2.05) is 18.2 Å². The van der Waals surface area contributed by atoms with Crippen molar-refractivity contribution in [3.63, 3.8) is 0 Å². The molecule has 3 aromatic rings. The Morgan fingerprint density at radius 1 is 1.19 bits per heavy atom. The van der Waals surface area contributed by atoms with E-state index in [2.05, 4.69) is 25.9 Å². The molecule has 0 fully saturated rings. The molecule has 0 saturated heterocycles. The smallest absolute Gasteiger partial charge is 0.408 e. The highest BCUT2D eigenvalue weighted by Gasteiger charge is 2.31. The molecule has 1 aromatic heterocycles. The SMILES string of the molecule is CC(C)(C)OC(=O)NC(Cc1ccc2c(c1)NC(=O)C(CC(=O)Nc1nc3ccccc3[nH]1)O2)C(=O)O. The number of rotatable bonds is 7. The number of carboxylic acid groups (broad SMARTS) is 1. The van der Waals surface area contributed by atoms with Crippen LogP contribution in [0.5, 0.6) is 5.75 Å². The van der Waals surface area contributed by atoms with Crippen molar-refractivity contribution in [2.75, 3.05) is 10.6 Å². The Kier molecular flexibility index (Phi) is 7.00. The van der Waals surface area contributed by atoms with Gasteiger partial charge < -0.3 is 30.2 Å². The van der Waals surface area contributed by atoms with Crippen molar-refractivity contribution in [1.29, 1.82) is 0 Å². The van der Waals surface area contributed by atoms with E-state index >= 15 is 0 Å². The molecule has 12 heteroatoms. The molecule has 194 valence electrons. The second-order valence-electron chi connectivity index (χ2n) is 9.52. The number of nitrogens with one attached hydrogen (secondary N) is 4. The molecule has 12 nitrogen and oxygen atoms in total. The van der Waals surface area contributed by atoms with Gasteiger partial charge in [0.05, 0.1) is 23.1 Å². The summed E-state index contributed by atoms with van der Waals surface area (Å²) in [7, 11) is 0. The first-order chi connectivity index (χ1) is 17.5. The van der Waals surface area contributed by atoms with E-state index in [0.29, 0.717) is 22.5 Å². The number of carbonyl (C=O) groups is 4. The highest BCUT2D eigenvalue weighted by molar-refractivity contribution is 6.02. The number of imidazole rings is 1. The van der Waals surface area contributed by atoms with Crippen molar-refractivity contribution >= 4 is 46.5 Å². The summed E-state index contributed by atoms with van der Waals surface area (Å²) in [5.41, 5.74) is 1.55. The fraction of sp³-hybridized carbons (Fsp3) is 0.320. The molecule has 0 bridgehead atoms. The van der Waals surface area contributed by atoms with Crippen LogP contribution in [-0.4, -0.2) is 56.7 Å². The second kappa shape index (κ2) is 10.2. The number of anilines is 2. The van der Waals surface area contributed by atoms with Crippen LogP contribution < -0.4 is 20.7 Å². The zero-order valence-corrected chi connectivity index (χ0v) is 20.5. The average Bonchev–Trinajstić information content (AvgIpc) is 3.20. The molecule has 2 heterocycles. The molecule has 2 atom stereocenters. The van der Waals surface area contributed by atoms with Gasteiger partial charge in [0.2, 0.25) is 11.9 Å². The lowest BCUT2D eigenvalue weighted by Crippen LogP contribution is -2.44. The molecule has 37 heavy (non-hydrogen) atoms. The molecule has 0 saturated carbocycles. The van der Waals surface area contributed by atoms with Crippen molar-refractivity contribution in [2.24, 2.45) is 0 Å². The van der Waals surface area contributed by atoms with Crippen LogP contribution in [0.15, 0.2) is 42.5 Å². The summed E-state index contributed by atoms with van der Waals surface area (Å²) in [5.74, 6) is -1.63. The third kappa shape index (κ3) is 6.54. The van der Waals surface area contributed by atoms with Gasteiger partial charge in [0.25, 0.3) is 5.91 Å². The van der Waals surface area contributed by atoms with Gasteiger partial charge in [0.1, 0.15) is 17.4 Å². The molecule has 0 spiro atoms. The highest BCUT2D eigenvalue weighted by atomic mass is 16.6. The largest absolute Gasteiger partial charge is 0.480 e. The molecule has 2 unspecified atom stereocenters. The summed E-state index contributed by atoms with van der Waals surface area (Å²) >= 11 is 0. The van der Waals surface area contributed by atoms with E-state index in [4.69, 9.17) is 9.47 Å². The second-order valence-corrected chi connectivity index (χ2v) is 9.52. The summed E-state index contributed by atoms with van der Waals surface area (Å²) in [6.07, 6.45) is -2.21. The van der Waals surface area contributed by atoms with Gasteiger partial charge in [0.15, 0.2) is 6.10 Å². The van der Waals surface area contributed by atoms with E-state index < -0.39 is 41.6 Å². The minimum absolute atomic E-state index is 0.0545. The van der Waals surface area contributed by atoms with Gasteiger partial charge in [-0.2, -0.15) is 0 Å². The molecule has 5 N–H and O–H groups in total. The van der Waals surface area contributed by atoms with Gasteiger partial charge in [-0.25, -0.2) is 14.6 Å². The van der Waals surface area contributed by atoms with Crippen LogP contribution in [0.3, 0.4) is 0 Å². The third-order valence-electron chi connectivity index (χ3n) is 5.31. The first-order valence-corrected chi connectivity index (χ1v) is 11.5. The zero-order chi connectivity index (χ0) is 26.7. The predicted octanol–water partition coefficient (Wildman–Crippen LogP) is 2.81. The van der Waals surface area contributed by atoms with Crippen LogP contribution in [0.25, 0.3) is 11.0 Å². The maximum absolute atomic E-state index is 12.6. The molecule has 0 radical (unpaired) electrons. The number of aromatic amines is 1. The van der Waals surface area contributed by atoms with Gasteiger partial charge in [0, 0.05) is 6.42 Å². The Morgan fingerprint density at radius 2 is 1.95 bits per heavy atom. The number of hydrogen-bond acceptors (Lipinski definition) is 7. The number of alkyl carbamates (subject to hydrolysis) is 1. The number of H-pyrrole nitrogens is 1. The summed E-state index contributed by atoms with van der Waals surface area (Å²) in [4.78, 5) is 56.0. The lowest BCUT2D eigenvalue weighted by atomic mass is 10.0. The first kappa shape index (κ1) is 25.5. The summed E-state index contributed by atoms with van der Waals surface area (Å²) in [5, 5.41) is 17.2. The number of hydrogen-bond donors (Lipinski definition) is 5. The Hall–Kier alpha value is -4.61. The van der Waals surface area contributed by atoms with Crippen molar-refractivity contribution in [1.82, 2.24) is 15.3 Å². The van der Waals surface area contributed by atoms with Crippen LogP contribution in [0.1, 0.15) is 32.8 Å². The van der Waals surface area contributed by atoms with Crippen LogP contribution in [0, 0.1) is 0 Å². The molecule has 1 aliphatic rings. The average molecular weight is 510 g/mol. The number of aliphatic carboxylic acids is 1. The first-order valence-electron chi connectivity index (χ1n) is 11.5. The topological polar surface area (TPSA) is 172 Å². The Labute approximate surface area is 211 Å². The van der Waals surface area contributed by atoms with E-state index in [1.54, 1.807) is 45.0 Å². The fourth-order valence-electron chi connectivity index (χ4n) is 3.71. The number of benzene rings is 2. The van der Waals surface area contributed by atoms with Crippen molar-refractivity contribution < 1.29 is 33.8 Å². The Bertz CT molecular complexity index is 1330. The van der Waals surface area contributed by atoms with Crippen LogP contribution in [0.4, 0.5) is 16.4 Å². The van der Waals surface area contributed by atoms with Crippen molar-refractivity contribution in [3.05, 3.63) is 48.0 Å². The van der Waals surface area contributed by atoms with E-state index in [0.717, 1.165) is 5.52 Å². The van der Waals surface area contributed by atoms with Gasteiger partial charge in [-0.05, 0) is 50.6 Å². The number of fused-ring (bicyclic) bond motifs is 2. The summed E-state index contributed by atoms with van der Waals surface area (Å²) < 4.78 is 10.9. The number of para-hydroxylation sites is 2. The molecule has 0 aliphatic carbocycles. The standard InChI is InChI=1S/C25H27N5O7/c1-25(2,3)37-24(35)29-17(22(33)34)11-13-8-9-18-16(10-13)26-21(32)19(36-18)12-20(31)30-23-27-14-6-4-5-7-15(14)28-23/h4-10,17,19H,11-12H2,1-3H3,(H,26,32)(H,29,35)(H,33,34)(H2,27,28,30,31). The van der Waals surface area contributed by atoms with Crippen LogP contribution in [-0.2, 0) is 25.5 Å². The van der Waals surface area contributed by atoms with Crippen LogP contribution in [0.2, 0.25) is 0 Å². The monoisotopic (exact) mass is 509 g/mol. The predicted molar refractivity (Wildman–Crippen MR) is 133 cm³/mol. The zero-order valence-electron chi connectivity index (χ0n) is 20.5. The molecule has 2 aromatic carbocycles. The number of ether oxygens (including phenoxy) is 2. The van der Waals surface area contributed by atoms with E-state index in [9.17, 15) is 24.3 Å². The Morgan fingerprint density at radius 3 is 2.65 bits per heavy atom. The maximum Gasteiger partial charge on any atom is 0.408 e. The lowest BCUT2D eigenvalue weighted by Gasteiger charge is -2.26. The molecular formula is C25H27N5O7. The number of nitrogens with zero attached hydrogens (tertiary/aromatic N) is 1. The quantitative estimate of drug-likeness (QED) is 0.323. The van der Waals surface area contributed by atoms with Crippen molar-refractivity contribution in [2.45, 2.75) is 51.4 Å². The number of carboxylic acids is 1. The summed E-state index contributed by atoms with van der Waals surface area (Å²) in [6, 6.07) is 10.8. The van der Waals surface area contributed by atoms with Gasteiger partial charge >= 0.3 is 12.1 Å². The van der Waals surface area contributed by atoms with E-state index in [1.165, 1.54) is 0 Å². The molecule has 3 amide bonds. The van der Waals surface area contributed by atoms with E-state index in [-0.39, 0.29) is 18.8 Å². The molecular weight excluding hydrogens is 482 g/mol. The lowest BCUT2D eigenvalue weighted by molar-refractivity contribution is -0.139. The van der Waals surface area contributed by atoms with Crippen molar-refractivity contribution in [3.8, 4) is 5.75 Å². The van der Waals surface area contributed by atoms with Crippen LogP contribution >= 0.6 is 0 Å².